The van der Waals surface area contributed by atoms with E-state index in [2.05, 4.69) is 15.9 Å². The zero-order chi connectivity index (χ0) is 7.66. The monoisotopic (exact) mass is 266 g/mol. The first-order valence-corrected chi connectivity index (χ1v) is 9.32. The van der Waals surface area contributed by atoms with Gasteiger partial charge in [-0.1, -0.05) is 0 Å². The molecule has 2 radical (unpaired) electrons. The van der Waals surface area contributed by atoms with Crippen LogP contribution in [0.4, 0.5) is 0 Å². The van der Waals surface area contributed by atoms with Crippen LogP contribution >= 0.6 is 8.95 Å². The molecular formula is C8H18SSn. The van der Waals surface area contributed by atoms with Crippen molar-refractivity contribution in [3.63, 3.8) is 0 Å². The van der Waals surface area contributed by atoms with Gasteiger partial charge >= 0.3 is 81.3 Å². The van der Waals surface area contributed by atoms with Crippen molar-refractivity contribution in [1.82, 2.24) is 0 Å². The van der Waals surface area contributed by atoms with E-state index in [-0.39, 0.29) is 0 Å². The fourth-order valence-electron chi connectivity index (χ4n) is 0.966. The second-order valence-corrected chi connectivity index (χ2v) is 6.23. The molecule has 0 saturated carbocycles. The first-order valence-electron chi connectivity index (χ1n) is 4.23. The van der Waals surface area contributed by atoms with Gasteiger partial charge in [0.25, 0.3) is 0 Å². The van der Waals surface area contributed by atoms with Gasteiger partial charge in [0.15, 0.2) is 0 Å². The van der Waals surface area contributed by atoms with Crippen LogP contribution in [0.5, 0.6) is 0 Å². The molecule has 0 bridgehead atoms. The summed E-state index contributed by atoms with van der Waals surface area (Å²) in [6.45, 7) is 2.27. The standard InChI is InChI=1S/C8H18S.Sn.H/c1-2-3-4-5-6-7-8-9;;/h9H,2-8H2,1H3;;/q;+1;/p-1. The summed E-state index contributed by atoms with van der Waals surface area (Å²) in [5.74, 6) is 1.41. The molecule has 10 heavy (non-hydrogen) atoms. The molecule has 60 valence electrons. The molecule has 0 aliphatic carbocycles. The first kappa shape index (κ1) is 11.1. The summed E-state index contributed by atoms with van der Waals surface area (Å²) >= 11 is 1.38. The van der Waals surface area contributed by atoms with E-state index >= 15 is 0 Å². The van der Waals surface area contributed by atoms with Crippen molar-refractivity contribution in [2.75, 3.05) is 5.75 Å². The Morgan fingerprint density at radius 1 is 1.00 bits per heavy atom. The molecule has 0 rings (SSSR count). The second-order valence-electron chi connectivity index (χ2n) is 2.64. The summed E-state index contributed by atoms with van der Waals surface area (Å²) < 4.78 is 0. The Hall–Kier alpha value is 1.15. The Balaban J connectivity index is 2.65. The average Bonchev–Trinajstić information content (AvgIpc) is 1.97. The summed E-state index contributed by atoms with van der Waals surface area (Å²) in [6.07, 6.45) is 8.66. The van der Waals surface area contributed by atoms with E-state index in [9.17, 15) is 0 Å². The van der Waals surface area contributed by atoms with E-state index in [0.29, 0.717) is 0 Å². The quantitative estimate of drug-likeness (QED) is 0.503. The van der Waals surface area contributed by atoms with Crippen LogP contribution in [0.15, 0.2) is 0 Å². The summed E-state index contributed by atoms with van der Waals surface area (Å²) in [4.78, 5) is 0. The van der Waals surface area contributed by atoms with E-state index in [1.54, 1.807) is 0 Å². The number of rotatable bonds is 7. The molecule has 0 aromatic rings. The van der Waals surface area contributed by atoms with Crippen LogP contribution in [-0.4, -0.2) is 26.9 Å². The molecule has 0 nitrogen and oxygen atoms in total. The Bertz CT molecular complexity index is 49.2. The van der Waals surface area contributed by atoms with Gasteiger partial charge in [-0.05, 0) is 0 Å². The maximum absolute atomic E-state index is 2.27. The Morgan fingerprint density at radius 2 is 1.60 bits per heavy atom. The predicted octanol–water partition coefficient (Wildman–Crippen LogP) is 2.90. The molecule has 0 aliphatic heterocycles. The molecule has 0 unspecified atom stereocenters. The van der Waals surface area contributed by atoms with Crippen LogP contribution in [0.1, 0.15) is 45.4 Å². The van der Waals surface area contributed by atoms with Crippen LogP contribution in [-0.2, 0) is 0 Å². The average molecular weight is 265 g/mol. The van der Waals surface area contributed by atoms with Crippen LogP contribution in [0, 0.1) is 0 Å². The van der Waals surface area contributed by atoms with Crippen LogP contribution in [0.2, 0.25) is 0 Å². The summed E-state index contributed by atoms with van der Waals surface area (Å²) in [5.41, 5.74) is 0. The van der Waals surface area contributed by atoms with Gasteiger partial charge in [0.05, 0.1) is 0 Å². The van der Waals surface area contributed by atoms with Gasteiger partial charge < -0.3 is 0 Å². The van der Waals surface area contributed by atoms with Gasteiger partial charge in [-0.2, -0.15) is 0 Å². The molecule has 0 saturated heterocycles. The molecule has 0 aliphatic rings. The van der Waals surface area contributed by atoms with Crippen molar-refractivity contribution in [3.8, 4) is 0 Å². The summed E-state index contributed by atoms with van der Waals surface area (Å²) in [6, 6.07) is 0. The van der Waals surface area contributed by atoms with Gasteiger partial charge in [-0.15, -0.1) is 0 Å². The summed E-state index contributed by atoms with van der Waals surface area (Å²) in [7, 11) is 2.10. The Labute approximate surface area is 81.1 Å². The topological polar surface area (TPSA) is 0 Å². The van der Waals surface area contributed by atoms with Gasteiger partial charge in [0.1, 0.15) is 0 Å². The normalized spacial score (nSPS) is 10.2. The molecular weight excluding hydrogens is 247 g/mol. The van der Waals surface area contributed by atoms with E-state index in [1.807, 2.05) is 0 Å². The fraction of sp³-hybridized carbons (Fsp3) is 1.00. The molecule has 0 fully saturated rings. The van der Waals surface area contributed by atoms with E-state index in [4.69, 9.17) is 0 Å². The van der Waals surface area contributed by atoms with Crippen molar-refractivity contribution in [2.45, 2.75) is 45.4 Å². The molecule has 0 amide bonds. The number of unbranched alkanes of at least 4 members (excludes halogenated alkanes) is 5. The van der Waals surface area contributed by atoms with Crippen molar-refractivity contribution >= 4 is 30.1 Å². The minimum absolute atomic E-state index is 1.37. The molecule has 0 heterocycles. The third kappa shape index (κ3) is 9.15. The van der Waals surface area contributed by atoms with Gasteiger partial charge in [-0.3, -0.25) is 0 Å². The van der Waals surface area contributed by atoms with Crippen LogP contribution in [0.3, 0.4) is 0 Å². The third-order valence-electron chi connectivity index (χ3n) is 1.62. The molecule has 0 atom stereocenters. The van der Waals surface area contributed by atoms with E-state index in [1.165, 1.54) is 65.4 Å². The van der Waals surface area contributed by atoms with Crippen LogP contribution < -0.4 is 0 Å². The predicted molar refractivity (Wildman–Crippen MR) is 53.0 cm³/mol. The SMILES string of the molecule is CCCCCCCC[S][SnH]. The van der Waals surface area contributed by atoms with Crippen molar-refractivity contribution < 1.29 is 0 Å². The van der Waals surface area contributed by atoms with Crippen LogP contribution in [0.25, 0.3) is 0 Å². The van der Waals surface area contributed by atoms with Crippen molar-refractivity contribution in [3.05, 3.63) is 0 Å². The molecule has 2 heteroatoms. The van der Waals surface area contributed by atoms with E-state index < -0.39 is 0 Å². The van der Waals surface area contributed by atoms with Gasteiger partial charge in [-0.25, -0.2) is 0 Å². The fourth-order valence-corrected chi connectivity index (χ4v) is 2.76. The number of hydrogen-bond acceptors (Lipinski definition) is 1. The molecule has 0 aromatic carbocycles. The van der Waals surface area contributed by atoms with Gasteiger partial charge in [0.2, 0.25) is 0 Å². The van der Waals surface area contributed by atoms with Crippen molar-refractivity contribution in [1.29, 1.82) is 0 Å². The molecule has 0 N–H and O–H groups in total. The Morgan fingerprint density at radius 3 is 2.20 bits per heavy atom. The molecule has 0 aromatic heterocycles. The summed E-state index contributed by atoms with van der Waals surface area (Å²) in [5, 5.41) is 0. The third-order valence-corrected chi connectivity index (χ3v) is 4.16. The molecule has 0 spiro atoms. The zero-order valence-electron chi connectivity index (χ0n) is 6.94. The zero-order valence-corrected chi connectivity index (χ0v) is 11.0. The Kier molecular flexibility index (Phi) is 11.3. The first-order chi connectivity index (χ1) is 4.91. The van der Waals surface area contributed by atoms with Crippen molar-refractivity contribution in [2.24, 2.45) is 0 Å². The second kappa shape index (κ2) is 10.1. The van der Waals surface area contributed by atoms with Gasteiger partial charge in [0, 0.05) is 0 Å². The number of hydrogen-bond donors (Lipinski definition) is 0. The van der Waals surface area contributed by atoms with E-state index in [0.717, 1.165) is 0 Å². The minimum atomic E-state index is 1.37. The maximum atomic E-state index is 2.27.